The predicted octanol–water partition coefficient (Wildman–Crippen LogP) is 3.49. The van der Waals surface area contributed by atoms with Gasteiger partial charge in [0, 0.05) is 0 Å². The van der Waals surface area contributed by atoms with Crippen molar-refractivity contribution in [2.24, 2.45) is 0 Å². The van der Waals surface area contributed by atoms with Crippen molar-refractivity contribution in [2.75, 3.05) is 0 Å². The van der Waals surface area contributed by atoms with Gasteiger partial charge in [-0.05, 0) is 6.42 Å². The van der Waals surface area contributed by atoms with Crippen LogP contribution in [0.2, 0.25) is 5.82 Å². The highest BCUT2D eigenvalue weighted by atomic mass is 14.0. The molecule has 0 amide bonds. The van der Waals surface area contributed by atoms with E-state index >= 15 is 0 Å². The van der Waals surface area contributed by atoms with Gasteiger partial charge in [-0.3, -0.25) is 0 Å². The molecule has 11 heavy (non-hydrogen) atoms. The van der Waals surface area contributed by atoms with Crippen LogP contribution in [0, 0.1) is 0 Å². The molecule has 0 unspecified atom stereocenters. The van der Waals surface area contributed by atoms with Gasteiger partial charge in [0.1, 0.15) is 0 Å². The normalized spacial score (nSPS) is 12.8. The molecular weight excluding hydrogens is 131 g/mol. The Hall–Kier alpha value is -0.195. The Morgan fingerprint density at radius 3 is 2.64 bits per heavy atom. The van der Waals surface area contributed by atoms with Crippen LogP contribution in [0.1, 0.15) is 45.4 Å². The van der Waals surface area contributed by atoms with Crippen LogP contribution in [0.3, 0.4) is 0 Å². The van der Waals surface area contributed by atoms with Gasteiger partial charge in [-0.25, -0.2) is 0 Å². The molecule has 0 aromatic carbocycles. The van der Waals surface area contributed by atoms with E-state index in [0.717, 1.165) is 12.8 Å². The standard InChI is InChI=1S/C10H19B/c1-3-5-7-9-10(11)8-6-4-2/h4,10H,2-3,5-9H2,1H3/t10-/m0/s1. The van der Waals surface area contributed by atoms with Gasteiger partial charge in [0.2, 0.25) is 0 Å². The van der Waals surface area contributed by atoms with E-state index in [0.29, 0.717) is 5.82 Å². The fourth-order valence-electron chi connectivity index (χ4n) is 1.13. The second kappa shape index (κ2) is 7.91. The lowest BCUT2D eigenvalue weighted by Gasteiger charge is -2.08. The van der Waals surface area contributed by atoms with Crippen LogP contribution in [0.5, 0.6) is 0 Å². The molecule has 2 radical (unpaired) electrons. The van der Waals surface area contributed by atoms with Crippen LogP contribution < -0.4 is 0 Å². The van der Waals surface area contributed by atoms with Gasteiger partial charge < -0.3 is 0 Å². The maximum absolute atomic E-state index is 5.85. The molecule has 0 saturated carbocycles. The Balaban J connectivity index is 3.08. The van der Waals surface area contributed by atoms with E-state index in [1.807, 2.05) is 6.08 Å². The molecule has 0 aliphatic carbocycles. The van der Waals surface area contributed by atoms with Gasteiger partial charge in [-0.15, -0.1) is 6.58 Å². The van der Waals surface area contributed by atoms with Gasteiger partial charge in [-0.1, -0.05) is 50.9 Å². The van der Waals surface area contributed by atoms with E-state index in [2.05, 4.69) is 13.5 Å². The van der Waals surface area contributed by atoms with Crippen LogP contribution in [0.25, 0.3) is 0 Å². The van der Waals surface area contributed by atoms with E-state index in [1.54, 1.807) is 0 Å². The summed E-state index contributed by atoms with van der Waals surface area (Å²) in [4.78, 5) is 0. The summed E-state index contributed by atoms with van der Waals surface area (Å²) in [6.07, 6.45) is 9.19. The lowest BCUT2D eigenvalue weighted by molar-refractivity contribution is 0.611. The number of hydrogen-bond donors (Lipinski definition) is 0. The maximum atomic E-state index is 5.85. The fraction of sp³-hybridized carbons (Fsp3) is 0.800. The molecule has 0 saturated heterocycles. The summed E-state index contributed by atoms with van der Waals surface area (Å²) < 4.78 is 0. The summed E-state index contributed by atoms with van der Waals surface area (Å²) in [6, 6.07) is 0. The second-order valence-electron chi connectivity index (χ2n) is 3.12. The van der Waals surface area contributed by atoms with Crippen molar-refractivity contribution < 1.29 is 0 Å². The summed E-state index contributed by atoms with van der Waals surface area (Å²) >= 11 is 0. The first-order chi connectivity index (χ1) is 5.31. The van der Waals surface area contributed by atoms with Crippen LogP contribution >= 0.6 is 0 Å². The lowest BCUT2D eigenvalue weighted by atomic mass is 9.79. The minimum absolute atomic E-state index is 0.402. The number of unbranched alkanes of at least 4 members (excludes halogenated alkanes) is 2. The average molecular weight is 150 g/mol. The summed E-state index contributed by atoms with van der Waals surface area (Å²) in [5.41, 5.74) is 0. The van der Waals surface area contributed by atoms with Gasteiger partial charge in [0.15, 0.2) is 0 Å². The Bertz CT molecular complexity index is 88.9. The van der Waals surface area contributed by atoms with Crippen molar-refractivity contribution in [3.63, 3.8) is 0 Å². The molecule has 0 nitrogen and oxygen atoms in total. The van der Waals surface area contributed by atoms with Gasteiger partial charge >= 0.3 is 0 Å². The Labute approximate surface area is 72.5 Å². The summed E-state index contributed by atoms with van der Waals surface area (Å²) in [5, 5.41) is 0. The molecule has 0 aromatic heterocycles. The van der Waals surface area contributed by atoms with Crippen molar-refractivity contribution in [3.8, 4) is 0 Å². The van der Waals surface area contributed by atoms with E-state index in [9.17, 15) is 0 Å². The maximum Gasteiger partial charge on any atom is 0.0699 e. The number of hydrogen-bond acceptors (Lipinski definition) is 0. The average Bonchev–Trinajstić information content (AvgIpc) is 2.01. The highest BCUT2D eigenvalue weighted by Crippen LogP contribution is 2.17. The van der Waals surface area contributed by atoms with Crippen molar-refractivity contribution in [3.05, 3.63) is 12.7 Å². The van der Waals surface area contributed by atoms with Gasteiger partial charge in [0.25, 0.3) is 0 Å². The smallest absolute Gasteiger partial charge is 0.0699 e. The van der Waals surface area contributed by atoms with Crippen LogP contribution in [0.4, 0.5) is 0 Å². The number of allylic oxidation sites excluding steroid dienone is 1. The summed E-state index contributed by atoms with van der Waals surface area (Å²) in [5.74, 6) is 0.402. The molecule has 62 valence electrons. The van der Waals surface area contributed by atoms with Crippen LogP contribution in [-0.4, -0.2) is 7.85 Å². The molecule has 0 spiro atoms. The Kier molecular flexibility index (Phi) is 7.77. The zero-order valence-electron chi connectivity index (χ0n) is 7.68. The third kappa shape index (κ3) is 7.70. The summed E-state index contributed by atoms with van der Waals surface area (Å²) in [6.45, 7) is 5.89. The van der Waals surface area contributed by atoms with Crippen LogP contribution in [-0.2, 0) is 0 Å². The van der Waals surface area contributed by atoms with Gasteiger partial charge in [0.05, 0.1) is 7.85 Å². The molecule has 1 heteroatoms. The quantitative estimate of drug-likeness (QED) is 0.296. The topological polar surface area (TPSA) is 0 Å². The molecule has 0 rings (SSSR count). The third-order valence-corrected chi connectivity index (χ3v) is 1.92. The molecule has 0 N–H and O–H groups in total. The predicted molar refractivity (Wildman–Crippen MR) is 53.1 cm³/mol. The molecule has 0 aromatic rings. The van der Waals surface area contributed by atoms with Crippen molar-refractivity contribution in [1.82, 2.24) is 0 Å². The van der Waals surface area contributed by atoms with E-state index in [1.165, 1.54) is 25.7 Å². The SMILES string of the molecule is [B][C@@H](CCC=C)CCCCC. The van der Waals surface area contributed by atoms with Gasteiger partial charge in [-0.2, -0.15) is 0 Å². The monoisotopic (exact) mass is 150 g/mol. The largest absolute Gasteiger partial charge is 0.103 e. The Morgan fingerprint density at radius 1 is 1.36 bits per heavy atom. The zero-order chi connectivity index (χ0) is 8.53. The highest BCUT2D eigenvalue weighted by Gasteiger charge is 1.98. The van der Waals surface area contributed by atoms with Crippen molar-refractivity contribution in [2.45, 2.75) is 51.3 Å². The molecule has 1 atom stereocenters. The van der Waals surface area contributed by atoms with Crippen molar-refractivity contribution in [1.29, 1.82) is 0 Å². The van der Waals surface area contributed by atoms with Crippen molar-refractivity contribution >= 4 is 7.85 Å². The first-order valence-electron chi connectivity index (χ1n) is 4.67. The number of rotatable bonds is 7. The molecule has 0 aliphatic heterocycles. The highest BCUT2D eigenvalue weighted by molar-refractivity contribution is 6.11. The van der Waals surface area contributed by atoms with E-state index < -0.39 is 0 Å². The molecule has 0 heterocycles. The minimum Gasteiger partial charge on any atom is -0.103 e. The molecule has 0 aliphatic rings. The fourth-order valence-corrected chi connectivity index (χ4v) is 1.13. The van der Waals surface area contributed by atoms with Crippen LogP contribution in [0.15, 0.2) is 12.7 Å². The first-order valence-corrected chi connectivity index (χ1v) is 4.67. The zero-order valence-corrected chi connectivity index (χ0v) is 7.68. The summed E-state index contributed by atoms with van der Waals surface area (Å²) in [7, 11) is 5.85. The lowest BCUT2D eigenvalue weighted by Crippen LogP contribution is -1.91. The third-order valence-electron chi connectivity index (χ3n) is 1.92. The first kappa shape index (κ1) is 10.8. The minimum atomic E-state index is 0.402. The molecule has 0 fully saturated rings. The van der Waals surface area contributed by atoms with E-state index in [4.69, 9.17) is 7.85 Å². The second-order valence-corrected chi connectivity index (χ2v) is 3.12. The molecular formula is C10H19B. The molecule has 0 bridgehead atoms. The van der Waals surface area contributed by atoms with E-state index in [-0.39, 0.29) is 0 Å². The Morgan fingerprint density at radius 2 is 2.09 bits per heavy atom.